The number of carbonyl (C=O) groups excluding carboxylic acids is 1. The van der Waals surface area contributed by atoms with Crippen molar-refractivity contribution in [3.63, 3.8) is 0 Å². The zero-order chi connectivity index (χ0) is 24.1. The van der Waals surface area contributed by atoms with Crippen LogP contribution in [0.1, 0.15) is 32.7 Å². The summed E-state index contributed by atoms with van der Waals surface area (Å²) < 4.78 is 4.04. The minimum Gasteiger partial charge on any atom is -0.320 e. The largest absolute Gasteiger partial charge is 0.320 e. The number of aryl methyl sites for hydroxylation is 1. The van der Waals surface area contributed by atoms with E-state index in [-0.39, 0.29) is 11.9 Å². The second-order valence-electron chi connectivity index (χ2n) is 9.71. The smallest absolute Gasteiger partial charge is 0.224 e. The van der Waals surface area contributed by atoms with Crippen molar-refractivity contribution in [2.24, 2.45) is 7.05 Å². The van der Waals surface area contributed by atoms with Gasteiger partial charge >= 0.3 is 0 Å². The molecule has 2 aliphatic rings. The molecule has 0 aliphatic carbocycles. The molecule has 1 fully saturated rings. The van der Waals surface area contributed by atoms with Crippen molar-refractivity contribution < 1.29 is 4.79 Å². The van der Waals surface area contributed by atoms with Crippen LogP contribution in [-0.2, 0) is 11.8 Å². The fourth-order valence-corrected chi connectivity index (χ4v) is 5.64. The lowest BCUT2D eigenvalue weighted by atomic mass is 10.0. The minimum absolute atomic E-state index is 0.0225. The van der Waals surface area contributed by atoms with E-state index < -0.39 is 0 Å². The van der Waals surface area contributed by atoms with E-state index >= 15 is 0 Å². The lowest BCUT2D eigenvalue weighted by molar-refractivity contribution is -0.117. The molecule has 6 rings (SSSR count). The number of hydrogen-bond donors (Lipinski definition) is 1. The normalized spacial score (nSPS) is 18.8. The third-order valence-corrected chi connectivity index (χ3v) is 7.36. The lowest BCUT2D eigenvalue weighted by Gasteiger charge is -2.41. The number of nitrogens with one attached hydrogen (secondary N) is 1. The van der Waals surface area contributed by atoms with E-state index in [4.69, 9.17) is 10.2 Å². The number of benzene rings is 2. The van der Waals surface area contributed by atoms with Gasteiger partial charge in [-0.15, -0.1) is 0 Å². The van der Waals surface area contributed by atoms with E-state index in [0.717, 1.165) is 65.2 Å². The summed E-state index contributed by atoms with van der Waals surface area (Å²) >= 11 is 0. The fraction of sp³-hybridized carbons (Fsp3) is 0.370. The highest BCUT2D eigenvalue weighted by Gasteiger charge is 2.33. The first-order valence-electron chi connectivity index (χ1n) is 12.4. The maximum Gasteiger partial charge on any atom is 0.224 e. The molecule has 0 unspecified atom stereocenters. The number of amides is 1. The average Bonchev–Trinajstić information content (AvgIpc) is 3.49. The Bertz CT molecular complexity index is 1400. The van der Waals surface area contributed by atoms with Crippen LogP contribution < -0.4 is 15.1 Å². The van der Waals surface area contributed by atoms with Gasteiger partial charge in [0.15, 0.2) is 5.82 Å². The van der Waals surface area contributed by atoms with Gasteiger partial charge in [-0.05, 0) is 62.7 Å². The van der Waals surface area contributed by atoms with E-state index in [9.17, 15) is 4.79 Å². The van der Waals surface area contributed by atoms with Gasteiger partial charge in [0.1, 0.15) is 0 Å². The molecular weight excluding hydrogens is 438 g/mol. The molecule has 180 valence electrons. The Hall–Kier alpha value is -3.65. The van der Waals surface area contributed by atoms with Gasteiger partial charge in [0.05, 0.1) is 35.2 Å². The Balaban J connectivity index is 1.46. The Kier molecular flexibility index (Phi) is 5.33. The number of hydrogen-bond acceptors (Lipinski definition) is 5. The highest BCUT2D eigenvalue weighted by molar-refractivity contribution is 6.01. The molecule has 2 aliphatic heterocycles. The number of anilines is 3. The first kappa shape index (κ1) is 21.9. The number of fused-ring (bicyclic) bond motifs is 2. The summed E-state index contributed by atoms with van der Waals surface area (Å²) in [7, 11) is 1.98. The number of rotatable bonds is 3. The molecule has 4 heterocycles. The second kappa shape index (κ2) is 8.53. The summed E-state index contributed by atoms with van der Waals surface area (Å²) in [5.41, 5.74) is 5.18. The molecule has 1 amide bonds. The Labute approximate surface area is 205 Å². The van der Waals surface area contributed by atoms with Crippen molar-refractivity contribution in [3.05, 3.63) is 54.9 Å². The predicted molar refractivity (Wildman–Crippen MR) is 139 cm³/mol. The third kappa shape index (κ3) is 3.69. The van der Waals surface area contributed by atoms with Crippen LogP contribution in [0.15, 0.2) is 54.9 Å². The summed E-state index contributed by atoms with van der Waals surface area (Å²) in [6.07, 6.45) is 6.31. The third-order valence-electron chi connectivity index (χ3n) is 7.36. The van der Waals surface area contributed by atoms with Gasteiger partial charge in [0.2, 0.25) is 5.91 Å². The molecule has 35 heavy (non-hydrogen) atoms. The highest BCUT2D eigenvalue weighted by atomic mass is 16.2. The van der Waals surface area contributed by atoms with Gasteiger partial charge in [0, 0.05) is 37.7 Å². The summed E-state index contributed by atoms with van der Waals surface area (Å²) in [6.45, 7) is 6.48. The monoisotopic (exact) mass is 469 g/mol. The molecule has 8 nitrogen and oxygen atoms in total. The molecule has 0 spiro atoms. The predicted octanol–water partition coefficient (Wildman–Crippen LogP) is 4.25. The van der Waals surface area contributed by atoms with Gasteiger partial charge in [-0.3, -0.25) is 14.2 Å². The lowest BCUT2D eigenvalue weighted by Crippen LogP contribution is -2.48. The summed E-state index contributed by atoms with van der Waals surface area (Å²) in [4.78, 5) is 16.8. The summed E-state index contributed by atoms with van der Waals surface area (Å²) in [6, 6.07) is 15.1. The van der Waals surface area contributed by atoms with Crippen LogP contribution >= 0.6 is 0 Å². The number of para-hydroxylation sites is 1. The van der Waals surface area contributed by atoms with E-state index in [1.54, 1.807) is 6.92 Å². The Morgan fingerprint density at radius 3 is 2.66 bits per heavy atom. The van der Waals surface area contributed by atoms with Crippen LogP contribution in [0, 0.1) is 0 Å². The first-order valence-corrected chi connectivity index (χ1v) is 12.4. The van der Waals surface area contributed by atoms with Gasteiger partial charge in [-0.25, -0.2) is 0 Å². The SMILES string of the molecule is CC(=O)N1c2ccc(-c3cnn(C4CCNCC4)c3)cc2N(c2nn(C)c3ccccc23)C[C@@H]1C. The van der Waals surface area contributed by atoms with Gasteiger partial charge in [-0.2, -0.15) is 10.2 Å². The molecule has 0 bridgehead atoms. The van der Waals surface area contributed by atoms with E-state index in [1.807, 2.05) is 28.9 Å². The number of nitrogens with zero attached hydrogens (tertiary/aromatic N) is 6. The van der Waals surface area contributed by atoms with Crippen LogP contribution in [0.25, 0.3) is 22.0 Å². The maximum atomic E-state index is 12.6. The van der Waals surface area contributed by atoms with Gasteiger partial charge < -0.3 is 15.1 Å². The zero-order valence-electron chi connectivity index (χ0n) is 20.5. The van der Waals surface area contributed by atoms with Gasteiger partial charge in [-0.1, -0.05) is 18.2 Å². The number of aromatic nitrogens is 4. The molecular formula is C27H31N7O. The summed E-state index contributed by atoms with van der Waals surface area (Å²) in [5.74, 6) is 0.970. The standard InChI is InChI=1S/C27H31N7O/c1-18-16-32(27-23-6-4-5-7-24(23)31(3)30-27)26-14-20(8-9-25(26)34(18)19(2)35)21-15-29-33(17-21)22-10-12-28-13-11-22/h4-9,14-15,17-18,22,28H,10-13,16H2,1-3H3/t18-/m0/s1. The molecule has 0 radical (unpaired) electrons. The van der Waals surface area contributed by atoms with Crippen LogP contribution in [0.3, 0.4) is 0 Å². The van der Waals surface area contributed by atoms with Crippen LogP contribution in [-0.4, -0.2) is 51.1 Å². The molecule has 1 atom stereocenters. The topological polar surface area (TPSA) is 71.2 Å². The molecule has 4 aromatic rings. The summed E-state index contributed by atoms with van der Waals surface area (Å²) in [5, 5.41) is 14.1. The van der Waals surface area contributed by atoms with Crippen molar-refractivity contribution >= 4 is 34.0 Å². The molecule has 2 aromatic carbocycles. The van der Waals surface area contributed by atoms with Crippen molar-refractivity contribution in [3.8, 4) is 11.1 Å². The Morgan fingerprint density at radius 1 is 1.06 bits per heavy atom. The second-order valence-corrected chi connectivity index (χ2v) is 9.71. The molecule has 1 saturated heterocycles. The molecule has 1 N–H and O–H groups in total. The van der Waals surface area contributed by atoms with E-state index in [2.05, 4.69) is 64.4 Å². The molecule has 8 heteroatoms. The van der Waals surface area contributed by atoms with E-state index in [0.29, 0.717) is 12.6 Å². The van der Waals surface area contributed by atoms with Crippen LogP contribution in [0.5, 0.6) is 0 Å². The van der Waals surface area contributed by atoms with Crippen LogP contribution in [0.4, 0.5) is 17.2 Å². The van der Waals surface area contributed by atoms with Crippen molar-refractivity contribution in [1.29, 1.82) is 0 Å². The molecule has 0 saturated carbocycles. The number of carbonyl (C=O) groups is 1. The van der Waals surface area contributed by atoms with Gasteiger partial charge in [0.25, 0.3) is 0 Å². The van der Waals surface area contributed by atoms with Crippen molar-refractivity contribution in [1.82, 2.24) is 24.9 Å². The number of piperidine rings is 1. The maximum absolute atomic E-state index is 12.6. The molecule has 2 aromatic heterocycles. The zero-order valence-corrected chi connectivity index (χ0v) is 20.5. The fourth-order valence-electron chi connectivity index (χ4n) is 5.64. The van der Waals surface area contributed by atoms with Crippen molar-refractivity contribution in [2.75, 3.05) is 29.4 Å². The average molecular weight is 470 g/mol. The van der Waals surface area contributed by atoms with Crippen LogP contribution in [0.2, 0.25) is 0 Å². The Morgan fingerprint density at radius 2 is 1.86 bits per heavy atom. The first-order chi connectivity index (χ1) is 17.0. The quantitative estimate of drug-likeness (QED) is 0.486. The highest BCUT2D eigenvalue weighted by Crippen LogP contribution is 2.43. The van der Waals surface area contributed by atoms with E-state index in [1.165, 1.54) is 0 Å². The minimum atomic E-state index is 0.0225. The van der Waals surface area contributed by atoms with Crippen molar-refractivity contribution in [2.45, 2.75) is 38.8 Å².